The third-order valence-electron chi connectivity index (χ3n) is 2.39. The molecule has 18 heavy (non-hydrogen) atoms. The lowest BCUT2D eigenvalue weighted by molar-refractivity contribution is -0.422. The minimum absolute atomic E-state index is 0.0484. The molecule has 0 N–H and O–H groups in total. The standard InChI is InChI=1S/C12H15NO4S/c1-8(13(14)15)5-9-6-11(17-3)12(18-4)7-10(9)16-2/h5-7H,1-4H3/b8-5-. The van der Waals surface area contributed by atoms with Gasteiger partial charge in [0.05, 0.1) is 24.0 Å². The molecule has 0 radical (unpaired) electrons. The van der Waals surface area contributed by atoms with Crippen molar-refractivity contribution in [2.75, 3.05) is 20.5 Å². The zero-order valence-electron chi connectivity index (χ0n) is 10.7. The number of methoxy groups -OCH3 is 2. The molecule has 0 aromatic heterocycles. The fraction of sp³-hybridized carbons (Fsp3) is 0.333. The van der Waals surface area contributed by atoms with E-state index in [0.29, 0.717) is 17.1 Å². The second kappa shape index (κ2) is 6.30. The van der Waals surface area contributed by atoms with Gasteiger partial charge in [0.1, 0.15) is 11.5 Å². The molecule has 0 fully saturated rings. The number of ether oxygens (including phenoxy) is 2. The van der Waals surface area contributed by atoms with Gasteiger partial charge in [-0.3, -0.25) is 10.1 Å². The van der Waals surface area contributed by atoms with Crippen LogP contribution in [0.4, 0.5) is 0 Å². The fourth-order valence-corrected chi connectivity index (χ4v) is 2.01. The Kier molecular flexibility index (Phi) is 5.03. The van der Waals surface area contributed by atoms with Crippen molar-refractivity contribution in [3.8, 4) is 11.5 Å². The van der Waals surface area contributed by atoms with Crippen LogP contribution in [0.15, 0.2) is 22.7 Å². The number of hydrogen-bond acceptors (Lipinski definition) is 5. The summed E-state index contributed by atoms with van der Waals surface area (Å²) in [6.07, 6.45) is 3.39. The number of benzene rings is 1. The van der Waals surface area contributed by atoms with Gasteiger partial charge < -0.3 is 9.47 Å². The van der Waals surface area contributed by atoms with Gasteiger partial charge >= 0.3 is 0 Å². The maximum absolute atomic E-state index is 10.6. The Labute approximate surface area is 110 Å². The molecular formula is C12H15NO4S. The van der Waals surface area contributed by atoms with Crippen molar-refractivity contribution in [1.82, 2.24) is 0 Å². The highest BCUT2D eigenvalue weighted by molar-refractivity contribution is 7.98. The molecule has 0 saturated carbocycles. The molecule has 1 aromatic carbocycles. The number of nitro groups is 1. The van der Waals surface area contributed by atoms with Gasteiger partial charge in [0, 0.05) is 18.6 Å². The van der Waals surface area contributed by atoms with Gasteiger partial charge in [-0.15, -0.1) is 11.8 Å². The van der Waals surface area contributed by atoms with Gasteiger partial charge in [0.15, 0.2) is 0 Å². The predicted molar refractivity (Wildman–Crippen MR) is 72.0 cm³/mol. The van der Waals surface area contributed by atoms with Crippen molar-refractivity contribution < 1.29 is 14.4 Å². The monoisotopic (exact) mass is 269 g/mol. The van der Waals surface area contributed by atoms with Crippen molar-refractivity contribution in [2.24, 2.45) is 0 Å². The molecule has 1 aromatic rings. The summed E-state index contributed by atoms with van der Waals surface area (Å²) in [6, 6.07) is 3.54. The zero-order chi connectivity index (χ0) is 13.7. The first-order chi connectivity index (χ1) is 8.53. The van der Waals surface area contributed by atoms with Crippen LogP contribution in [0, 0.1) is 10.1 Å². The lowest BCUT2D eigenvalue weighted by Gasteiger charge is -2.11. The zero-order valence-corrected chi connectivity index (χ0v) is 11.5. The summed E-state index contributed by atoms with van der Waals surface area (Å²) in [5.74, 6) is 1.26. The van der Waals surface area contributed by atoms with E-state index in [1.54, 1.807) is 13.2 Å². The van der Waals surface area contributed by atoms with Crippen LogP contribution in [0.1, 0.15) is 12.5 Å². The summed E-state index contributed by atoms with van der Waals surface area (Å²) in [5.41, 5.74) is 0.675. The first-order valence-electron chi connectivity index (χ1n) is 5.16. The lowest BCUT2D eigenvalue weighted by atomic mass is 10.1. The average molecular weight is 269 g/mol. The molecule has 5 nitrogen and oxygen atoms in total. The number of thioether (sulfide) groups is 1. The molecule has 1 rings (SSSR count). The van der Waals surface area contributed by atoms with E-state index in [4.69, 9.17) is 9.47 Å². The number of nitrogens with zero attached hydrogens (tertiary/aromatic N) is 1. The molecule has 0 aliphatic rings. The summed E-state index contributed by atoms with van der Waals surface area (Å²) in [7, 11) is 3.10. The second-order valence-electron chi connectivity index (χ2n) is 3.49. The van der Waals surface area contributed by atoms with Crippen molar-refractivity contribution in [2.45, 2.75) is 11.8 Å². The molecule has 0 saturated heterocycles. The molecule has 98 valence electrons. The van der Waals surface area contributed by atoms with Crippen molar-refractivity contribution >= 4 is 17.8 Å². The average Bonchev–Trinajstić information content (AvgIpc) is 2.37. The third kappa shape index (κ3) is 3.16. The van der Waals surface area contributed by atoms with Gasteiger partial charge in [0.25, 0.3) is 0 Å². The SMILES string of the molecule is COc1cc(SC)c(OC)cc1/C=C(/C)[N+](=O)[O-]. The third-order valence-corrected chi connectivity index (χ3v) is 3.15. The Morgan fingerprint density at radius 1 is 1.33 bits per heavy atom. The van der Waals surface area contributed by atoms with E-state index in [0.717, 1.165) is 4.90 Å². The minimum atomic E-state index is -0.436. The topological polar surface area (TPSA) is 61.6 Å². The Balaban J connectivity index is 3.34. The van der Waals surface area contributed by atoms with Gasteiger partial charge in [-0.05, 0) is 18.4 Å². The van der Waals surface area contributed by atoms with Crippen LogP contribution in [0.5, 0.6) is 11.5 Å². The first-order valence-corrected chi connectivity index (χ1v) is 6.38. The Hall–Kier alpha value is -1.69. The van der Waals surface area contributed by atoms with Gasteiger partial charge in [-0.2, -0.15) is 0 Å². The summed E-state index contributed by atoms with van der Waals surface area (Å²) in [6.45, 7) is 1.44. The minimum Gasteiger partial charge on any atom is -0.496 e. The van der Waals surface area contributed by atoms with Gasteiger partial charge in [0.2, 0.25) is 5.70 Å². The quantitative estimate of drug-likeness (QED) is 0.467. The van der Waals surface area contributed by atoms with Crippen LogP contribution >= 0.6 is 11.8 Å². The van der Waals surface area contributed by atoms with Crippen molar-refractivity contribution in [3.63, 3.8) is 0 Å². The number of hydrogen-bond donors (Lipinski definition) is 0. The molecular weight excluding hydrogens is 254 g/mol. The van der Waals surface area contributed by atoms with Crippen LogP contribution < -0.4 is 9.47 Å². The normalized spacial score (nSPS) is 11.2. The molecule has 0 aliphatic heterocycles. The summed E-state index contributed by atoms with van der Waals surface area (Å²) >= 11 is 1.52. The van der Waals surface area contributed by atoms with E-state index in [9.17, 15) is 10.1 Å². The highest BCUT2D eigenvalue weighted by Crippen LogP contribution is 2.35. The van der Waals surface area contributed by atoms with E-state index in [1.807, 2.05) is 12.3 Å². The Bertz CT molecular complexity index is 485. The van der Waals surface area contributed by atoms with Crippen LogP contribution in [-0.2, 0) is 0 Å². The van der Waals surface area contributed by atoms with Crippen LogP contribution in [0.3, 0.4) is 0 Å². The van der Waals surface area contributed by atoms with Crippen LogP contribution in [0.25, 0.3) is 6.08 Å². The largest absolute Gasteiger partial charge is 0.496 e. The molecule has 0 bridgehead atoms. The molecule has 0 atom stereocenters. The molecule has 0 heterocycles. The van der Waals surface area contributed by atoms with E-state index >= 15 is 0 Å². The summed E-state index contributed by atoms with van der Waals surface area (Å²) in [5, 5.41) is 10.6. The Morgan fingerprint density at radius 3 is 2.39 bits per heavy atom. The molecule has 0 aliphatic carbocycles. The molecule has 6 heteroatoms. The van der Waals surface area contributed by atoms with Gasteiger partial charge in [-0.1, -0.05) is 0 Å². The summed E-state index contributed by atoms with van der Waals surface area (Å²) in [4.78, 5) is 11.1. The maximum Gasteiger partial charge on any atom is 0.243 e. The van der Waals surface area contributed by atoms with Crippen molar-refractivity contribution in [1.29, 1.82) is 0 Å². The van der Waals surface area contributed by atoms with E-state index in [2.05, 4.69) is 0 Å². The fourth-order valence-electron chi connectivity index (χ4n) is 1.44. The molecule has 0 spiro atoms. The lowest BCUT2D eigenvalue weighted by Crippen LogP contribution is -1.96. The number of allylic oxidation sites excluding steroid dienone is 1. The van der Waals surface area contributed by atoms with E-state index < -0.39 is 4.92 Å². The van der Waals surface area contributed by atoms with Gasteiger partial charge in [-0.25, -0.2) is 0 Å². The number of rotatable bonds is 5. The highest BCUT2D eigenvalue weighted by Gasteiger charge is 2.12. The second-order valence-corrected chi connectivity index (χ2v) is 4.34. The maximum atomic E-state index is 10.6. The van der Waals surface area contributed by atoms with E-state index in [1.165, 1.54) is 31.9 Å². The smallest absolute Gasteiger partial charge is 0.243 e. The van der Waals surface area contributed by atoms with E-state index in [-0.39, 0.29) is 5.70 Å². The summed E-state index contributed by atoms with van der Waals surface area (Å²) < 4.78 is 10.5. The first kappa shape index (κ1) is 14.4. The highest BCUT2D eigenvalue weighted by atomic mass is 32.2. The van der Waals surface area contributed by atoms with Crippen LogP contribution in [0.2, 0.25) is 0 Å². The Morgan fingerprint density at radius 2 is 1.94 bits per heavy atom. The predicted octanol–water partition coefficient (Wildman–Crippen LogP) is 3.06. The molecule has 0 amide bonds. The van der Waals surface area contributed by atoms with Crippen LogP contribution in [-0.4, -0.2) is 25.4 Å². The van der Waals surface area contributed by atoms with Crippen molar-refractivity contribution in [3.05, 3.63) is 33.5 Å². The molecule has 0 unspecified atom stereocenters.